The van der Waals surface area contributed by atoms with Gasteiger partial charge in [-0.05, 0) is 30.2 Å². The maximum atomic E-state index is 12.9. The summed E-state index contributed by atoms with van der Waals surface area (Å²) in [4.78, 5) is 38.4. The van der Waals surface area contributed by atoms with Crippen LogP contribution in [0.5, 0.6) is 11.5 Å². The van der Waals surface area contributed by atoms with Crippen molar-refractivity contribution in [1.29, 1.82) is 0 Å². The summed E-state index contributed by atoms with van der Waals surface area (Å²) in [6.07, 6.45) is 0.274. The molecule has 0 saturated carbocycles. The summed E-state index contributed by atoms with van der Waals surface area (Å²) in [7, 11) is 0. The minimum Gasteiger partial charge on any atom is -0.454 e. The van der Waals surface area contributed by atoms with Crippen LogP contribution in [0.15, 0.2) is 48.5 Å². The van der Waals surface area contributed by atoms with Crippen molar-refractivity contribution in [3.63, 3.8) is 0 Å². The van der Waals surface area contributed by atoms with Crippen LogP contribution in [0.1, 0.15) is 18.1 Å². The summed E-state index contributed by atoms with van der Waals surface area (Å²) in [5, 5.41) is 5.44. The number of benzene rings is 2. The zero-order valence-corrected chi connectivity index (χ0v) is 15.9. The van der Waals surface area contributed by atoms with E-state index >= 15 is 0 Å². The first-order valence-electron chi connectivity index (χ1n) is 9.28. The molecule has 1 unspecified atom stereocenters. The van der Waals surface area contributed by atoms with Crippen LogP contribution < -0.4 is 20.1 Å². The number of ether oxygens (including phenoxy) is 2. The molecule has 4 amide bonds. The first-order chi connectivity index (χ1) is 13.9. The Morgan fingerprint density at radius 3 is 2.66 bits per heavy atom. The number of hydrogen-bond donors (Lipinski definition) is 2. The number of amides is 4. The molecule has 8 nitrogen and oxygen atoms in total. The Morgan fingerprint density at radius 1 is 1.10 bits per heavy atom. The Labute approximate surface area is 167 Å². The molecule has 0 radical (unpaired) electrons. The van der Waals surface area contributed by atoms with Gasteiger partial charge in [0.2, 0.25) is 12.7 Å². The predicted octanol–water partition coefficient (Wildman–Crippen LogP) is 1.58. The fourth-order valence-electron chi connectivity index (χ4n) is 3.47. The third-order valence-electron chi connectivity index (χ3n) is 4.97. The van der Waals surface area contributed by atoms with Gasteiger partial charge in [-0.1, -0.05) is 36.4 Å². The van der Waals surface area contributed by atoms with E-state index in [9.17, 15) is 14.4 Å². The molecule has 1 atom stereocenters. The molecule has 1 saturated heterocycles. The van der Waals surface area contributed by atoms with Gasteiger partial charge < -0.3 is 20.1 Å². The number of carbonyl (C=O) groups is 3. The summed E-state index contributed by atoms with van der Waals surface area (Å²) in [5.74, 6) is 0.428. The van der Waals surface area contributed by atoms with Crippen LogP contribution in [0.3, 0.4) is 0 Å². The second-order valence-electron chi connectivity index (χ2n) is 7.28. The highest BCUT2D eigenvalue weighted by molar-refractivity contribution is 6.08. The topological polar surface area (TPSA) is 97.0 Å². The van der Waals surface area contributed by atoms with Crippen molar-refractivity contribution < 1.29 is 23.9 Å². The minimum absolute atomic E-state index is 0.164. The third-order valence-corrected chi connectivity index (χ3v) is 4.97. The van der Waals surface area contributed by atoms with Crippen LogP contribution >= 0.6 is 0 Å². The molecule has 1 fully saturated rings. The lowest BCUT2D eigenvalue weighted by Crippen LogP contribution is -2.46. The van der Waals surface area contributed by atoms with Gasteiger partial charge in [0, 0.05) is 13.0 Å². The van der Waals surface area contributed by atoms with Gasteiger partial charge in [0.05, 0.1) is 0 Å². The molecule has 2 aromatic rings. The molecule has 4 rings (SSSR count). The number of fused-ring (bicyclic) bond motifs is 1. The molecule has 2 aliphatic heterocycles. The van der Waals surface area contributed by atoms with E-state index in [1.807, 2.05) is 36.4 Å². The lowest BCUT2D eigenvalue weighted by Gasteiger charge is -2.22. The highest BCUT2D eigenvalue weighted by Crippen LogP contribution is 2.34. The van der Waals surface area contributed by atoms with Gasteiger partial charge in [-0.2, -0.15) is 0 Å². The average molecular weight is 395 g/mol. The van der Waals surface area contributed by atoms with E-state index in [1.54, 1.807) is 19.1 Å². The zero-order valence-electron chi connectivity index (χ0n) is 15.9. The summed E-state index contributed by atoms with van der Waals surface area (Å²) in [6.45, 7) is 1.82. The van der Waals surface area contributed by atoms with Crippen molar-refractivity contribution in [3.8, 4) is 11.5 Å². The molecule has 0 spiro atoms. The Balaban J connectivity index is 1.39. The molecule has 2 aromatic carbocycles. The van der Waals surface area contributed by atoms with Crippen LogP contribution in [-0.2, 0) is 22.6 Å². The van der Waals surface area contributed by atoms with Crippen LogP contribution in [0.25, 0.3) is 0 Å². The van der Waals surface area contributed by atoms with Gasteiger partial charge in [0.1, 0.15) is 12.1 Å². The monoisotopic (exact) mass is 395 g/mol. The molecule has 2 N–H and O–H groups in total. The molecule has 2 aliphatic rings. The first-order valence-corrected chi connectivity index (χ1v) is 9.28. The number of hydrogen-bond acceptors (Lipinski definition) is 5. The van der Waals surface area contributed by atoms with Crippen molar-refractivity contribution in [2.24, 2.45) is 0 Å². The summed E-state index contributed by atoms with van der Waals surface area (Å²) >= 11 is 0. The van der Waals surface area contributed by atoms with Gasteiger partial charge >= 0.3 is 6.03 Å². The van der Waals surface area contributed by atoms with Gasteiger partial charge in [0.15, 0.2) is 11.5 Å². The van der Waals surface area contributed by atoms with Crippen molar-refractivity contribution in [2.45, 2.75) is 25.4 Å². The van der Waals surface area contributed by atoms with Crippen LogP contribution in [-0.4, -0.2) is 41.6 Å². The molecule has 29 heavy (non-hydrogen) atoms. The fraction of sp³-hybridized carbons (Fsp3) is 0.286. The minimum atomic E-state index is -1.13. The predicted molar refractivity (Wildman–Crippen MR) is 103 cm³/mol. The van der Waals surface area contributed by atoms with Crippen molar-refractivity contribution in [2.75, 3.05) is 13.3 Å². The fourth-order valence-corrected chi connectivity index (χ4v) is 3.47. The molecular weight excluding hydrogens is 374 g/mol. The quantitative estimate of drug-likeness (QED) is 0.724. The van der Waals surface area contributed by atoms with Crippen LogP contribution in [0.2, 0.25) is 0 Å². The molecule has 0 aliphatic carbocycles. The maximum Gasteiger partial charge on any atom is 0.325 e. The van der Waals surface area contributed by atoms with Crippen LogP contribution in [0, 0.1) is 0 Å². The Bertz CT molecular complexity index is 962. The van der Waals surface area contributed by atoms with Crippen molar-refractivity contribution >= 4 is 17.8 Å². The molecule has 8 heteroatoms. The van der Waals surface area contributed by atoms with E-state index in [-0.39, 0.29) is 19.8 Å². The SMILES string of the molecule is CC1(Cc2ccc3c(c2)OCO3)NC(=O)N(CC(=O)NCc2ccccc2)C1=O. The Kier molecular flexibility index (Phi) is 4.84. The standard InChI is InChI=1S/C21H21N3O5/c1-21(10-15-7-8-16-17(9-15)29-13-28-16)19(26)24(20(27)23-21)12-18(25)22-11-14-5-3-2-4-6-14/h2-9H,10-13H2,1H3,(H,22,25)(H,23,27). The average Bonchev–Trinajstić information content (AvgIpc) is 3.25. The van der Waals surface area contributed by atoms with E-state index in [4.69, 9.17) is 9.47 Å². The number of rotatable bonds is 6. The van der Waals surface area contributed by atoms with Crippen molar-refractivity contribution in [3.05, 3.63) is 59.7 Å². The highest BCUT2D eigenvalue weighted by Gasteiger charge is 2.48. The van der Waals surface area contributed by atoms with E-state index in [1.165, 1.54) is 0 Å². The number of nitrogens with zero attached hydrogens (tertiary/aromatic N) is 1. The number of imide groups is 1. The number of urea groups is 1. The Morgan fingerprint density at radius 2 is 1.86 bits per heavy atom. The summed E-state index contributed by atoms with van der Waals surface area (Å²) < 4.78 is 10.7. The summed E-state index contributed by atoms with van der Waals surface area (Å²) in [5.41, 5.74) is 0.622. The summed E-state index contributed by atoms with van der Waals surface area (Å²) in [6, 6.07) is 14.2. The molecule has 150 valence electrons. The number of nitrogens with one attached hydrogen (secondary N) is 2. The van der Waals surface area contributed by atoms with E-state index in [0.29, 0.717) is 18.0 Å². The third kappa shape index (κ3) is 3.87. The van der Waals surface area contributed by atoms with E-state index in [0.717, 1.165) is 16.0 Å². The normalized spacial score (nSPS) is 20.0. The Hall–Kier alpha value is -3.55. The van der Waals surface area contributed by atoms with Gasteiger partial charge in [-0.3, -0.25) is 14.5 Å². The van der Waals surface area contributed by atoms with Crippen molar-refractivity contribution in [1.82, 2.24) is 15.5 Å². The van der Waals surface area contributed by atoms with Crippen LogP contribution in [0.4, 0.5) is 4.79 Å². The largest absolute Gasteiger partial charge is 0.454 e. The number of carbonyl (C=O) groups excluding carboxylic acids is 3. The molecule has 0 bridgehead atoms. The zero-order chi connectivity index (χ0) is 20.4. The van der Waals surface area contributed by atoms with E-state index < -0.39 is 23.4 Å². The molecular formula is C21H21N3O5. The molecule has 2 heterocycles. The van der Waals surface area contributed by atoms with Gasteiger partial charge in [0.25, 0.3) is 5.91 Å². The van der Waals surface area contributed by atoms with Gasteiger partial charge in [-0.25, -0.2) is 4.79 Å². The maximum absolute atomic E-state index is 12.9. The van der Waals surface area contributed by atoms with Gasteiger partial charge in [-0.15, -0.1) is 0 Å². The smallest absolute Gasteiger partial charge is 0.325 e. The lowest BCUT2D eigenvalue weighted by molar-refractivity contribution is -0.134. The second kappa shape index (κ2) is 7.46. The van der Waals surface area contributed by atoms with E-state index in [2.05, 4.69) is 10.6 Å². The molecule has 0 aromatic heterocycles. The first kappa shape index (κ1) is 18.8. The highest BCUT2D eigenvalue weighted by atomic mass is 16.7. The lowest BCUT2D eigenvalue weighted by atomic mass is 9.92. The second-order valence-corrected chi connectivity index (χ2v) is 7.28.